The number of rotatable bonds is 5. The molecule has 1 aliphatic rings. The molecule has 176 valence electrons. The van der Waals surface area contributed by atoms with Crippen LogP contribution in [-0.2, 0) is 4.74 Å². The normalized spacial score (nSPS) is 13.5. The third-order valence-electron chi connectivity index (χ3n) is 5.64. The van der Waals surface area contributed by atoms with Gasteiger partial charge in [-0.15, -0.1) is 0 Å². The van der Waals surface area contributed by atoms with Gasteiger partial charge in [-0.1, -0.05) is 47.6 Å². The van der Waals surface area contributed by atoms with Crippen molar-refractivity contribution in [2.45, 2.75) is 13.8 Å². The van der Waals surface area contributed by atoms with Crippen LogP contribution in [0.15, 0.2) is 59.1 Å². The highest BCUT2D eigenvalue weighted by atomic mass is 16.6. The predicted molar refractivity (Wildman–Crippen MR) is 126 cm³/mol. The fourth-order valence-corrected chi connectivity index (χ4v) is 3.87. The van der Waals surface area contributed by atoms with E-state index in [1.165, 1.54) is 0 Å². The average Bonchev–Trinajstić information content (AvgIpc) is 3.26. The Hall–Kier alpha value is -4.14. The molecular formula is C25H26N4O5. The largest absolute Gasteiger partial charge is 0.450 e. The summed E-state index contributed by atoms with van der Waals surface area (Å²) in [5.41, 5.74) is 2.28. The van der Waals surface area contributed by atoms with Crippen molar-refractivity contribution in [1.82, 2.24) is 15.0 Å². The van der Waals surface area contributed by atoms with E-state index in [9.17, 15) is 14.4 Å². The van der Waals surface area contributed by atoms with E-state index in [4.69, 9.17) is 9.26 Å². The first-order valence-electron chi connectivity index (χ1n) is 11.1. The monoisotopic (exact) mass is 462 g/mol. The van der Waals surface area contributed by atoms with E-state index < -0.39 is 5.91 Å². The summed E-state index contributed by atoms with van der Waals surface area (Å²) >= 11 is 0. The lowest BCUT2D eigenvalue weighted by Crippen LogP contribution is -2.50. The number of carbonyl (C=O) groups is 3. The standard InChI is InChI=1S/C25H26N4O5/c1-3-33-25(32)29-15-13-28(14-16-29)24(31)19-11-7-8-12-20(19)26-23(30)21-17(2)34-27-22(21)18-9-5-4-6-10-18/h4-12H,3,13-16H2,1-2H3,(H,26,30). The Kier molecular flexibility index (Phi) is 6.91. The van der Waals surface area contributed by atoms with Gasteiger partial charge in [0, 0.05) is 31.7 Å². The van der Waals surface area contributed by atoms with Crippen molar-refractivity contribution in [2.75, 3.05) is 38.1 Å². The summed E-state index contributed by atoms with van der Waals surface area (Å²) in [6.07, 6.45) is -0.374. The Bertz CT molecular complexity index is 1180. The molecule has 34 heavy (non-hydrogen) atoms. The molecule has 1 fully saturated rings. The molecule has 0 spiro atoms. The molecule has 9 heteroatoms. The minimum atomic E-state index is -0.412. The lowest BCUT2D eigenvalue weighted by atomic mass is 10.0. The van der Waals surface area contributed by atoms with E-state index in [1.807, 2.05) is 30.3 Å². The molecule has 1 aromatic heterocycles. The second-order valence-electron chi connectivity index (χ2n) is 7.81. The van der Waals surface area contributed by atoms with Crippen LogP contribution < -0.4 is 5.32 Å². The van der Waals surface area contributed by atoms with Gasteiger partial charge in [-0.3, -0.25) is 9.59 Å². The molecule has 2 aromatic carbocycles. The average molecular weight is 463 g/mol. The number of piperazine rings is 1. The highest BCUT2D eigenvalue weighted by Crippen LogP contribution is 2.27. The molecule has 0 aliphatic carbocycles. The predicted octanol–water partition coefficient (Wildman–Crippen LogP) is 3.82. The van der Waals surface area contributed by atoms with Gasteiger partial charge in [0.25, 0.3) is 11.8 Å². The van der Waals surface area contributed by atoms with E-state index >= 15 is 0 Å². The molecule has 2 heterocycles. The lowest BCUT2D eigenvalue weighted by molar-refractivity contribution is 0.0571. The molecule has 9 nitrogen and oxygen atoms in total. The maximum absolute atomic E-state index is 13.3. The van der Waals surface area contributed by atoms with Crippen LogP contribution in [0.1, 0.15) is 33.4 Å². The van der Waals surface area contributed by atoms with Crippen LogP contribution >= 0.6 is 0 Å². The quantitative estimate of drug-likeness (QED) is 0.618. The molecule has 3 aromatic rings. The Morgan fingerprint density at radius 3 is 2.32 bits per heavy atom. The molecule has 0 unspecified atom stereocenters. The second kappa shape index (κ2) is 10.2. The van der Waals surface area contributed by atoms with Crippen LogP contribution in [0.5, 0.6) is 0 Å². The summed E-state index contributed by atoms with van der Waals surface area (Å²) in [5, 5.41) is 6.92. The number of ether oxygens (including phenoxy) is 1. The fraction of sp³-hybridized carbons (Fsp3) is 0.280. The van der Waals surface area contributed by atoms with Gasteiger partial charge in [-0.05, 0) is 26.0 Å². The zero-order valence-corrected chi connectivity index (χ0v) is 19.1. The van der Waals surface area contributed by atoms with Crippen molar-refractivity contribution in [3.63, 3.8) is 0 Å². The van der Waals surface area contributed by atoms with E-state index in [-0.39, 0.29) is 12.0 Å². The molecule has 0 radical (unpaired) electrons. The van der Waals surface area contributed by atoms with E-state index in [0.717, 1.165) is 5.56 Å². The first kappa shape index (κ1) is 23.0. The highest BCUT2D eigenvalue weighted by molar-refractivity contribution is 6.11. The SMILES string of the molecule is CCOC(=O)N1CCN(C(=O)c2ccccc2NC(=O)c2c(-c3ccccc3)noc2C)CC1. The minimum Gasteiger partial charge on any atom is -0.450 e. The Morgan fingerprint density at radius 2 is 1.62 bits per heavy atom. The number of amides is 3. The minimum absolute atomic E-state index is 0.218. The summed E-state index contributed by atoms with van der Waals surface area (Å²) < 4.78 is 10.3. The van der Waals surface area contributed by atoms with Crippen molar-refractivity contribution < 1.29 is 23.6 Å². The van der Waals surface area contributed by atoms with Gasteiger partial charge in [0.05, 0.1) is 17.9 Å². The molecule has 0 saturated carbocycles. The topological polar surface area (TPSA) is 105 Å². The molecule has 1 aliphatic heterocycles. The van der Waals surface area contributed by atoms with Crippen molar-refractivity contribution >= 4 is 23.6 Å². The van der Waals surface area contributed by atoms with Crippen molar-refractivity contribution in [3.8, 4) is 11.3 Å². The van der Waals surface area contributed by atoms with Crippen molar-refractivity contribution in [1.29, 1.82) is 0 Å². The third kappa shape index (κ3) is 4.78. The molecule has 0 bridgehead atoms. The molecule has 1 N–H and O–H groups in total. The summed E-state index contributed by atoms with van der Waals surface area (Å²) in [5.74, 6) is -0.245. The number of benzene rings is 2. The van der Waals surface area contributed by atoms with E-state index in [0.29, 0.717) is 61.1 Å². The Balaban J connectivity index is 1.51. The van der Waals surface area contributed by atoms with Crippen LogP contribution in [0, 0.1) is 6.92 Å². The van der Waals surface area contributed by atoms with Crippen LogP contribution in [-0.4, -0.2) is 65.6 Å². The lowest BCUT2D eigenvalue weighted by Gasteiger charge is -2.34. The number of para-hydroxylation sites is 1. The number of nitrogens with zero attached hydrogens (tertiary/aromatic N) is 3. The third-order valence-corrected chi connectivity index (χ3v) is 5.64. The van der Waals surface area contributed by atoms with Gasteiger partial charge in [-0.2, -0.15) is 0 Å². The van der Waals surface area contributed by atoms with Crippen LogP contribution in [0.2, 0.25) is 0 Å². The highest BCUT2D eigenvalue weighted by Gasteiger charge is 2.28. The summed E-state index contributed by atoms with van der Waals surface area (Å²) in [6, 6.07) is 16.2. The zero-order valence-electron chi connectivity index (χ0n) is 19.1. The van der Waals surface area contributed by atoms with Gasteiger partial charge in [-0.25, -0.2) is 4.79 Å². The van der Waals surface area contributed by atoms with Crippen molar-refractivity contribution in [3.05, 3.63) is 71.5 Å². The second-order valence-corrected chi connectivity index (χ2v) is 7.81. The number of aryl methyl sites for hydroxylation is 1. The van der Waals surface area contributed by atoms with Gasteiger partial charge >= 0.3 is 6.09 Å². The number of hydrogen-bond acceptors (Lipinski definition) is 6. The zero-order chi connectivity index (χ0) is 24.1. The molecule has 1 saturated heterocycles. The van der Waals surface area contributed by atoms with Crippen LogP contribution in [0.25, 0.3) is 11.3 Å². The first-order valence-corrected chi connectivity index (χ1v) is 11.1. The van der Waals surface area contributed by atoms with Crippen LogP contribution in [0.4, 0.5) is 10.5 Å². The number of anilines is 1. The summed E-state index contributed by atoms with van der Waals surface area (Å²) in [6.45, 7) is 5.27. The molecular weight excluding hydrogens is 436 g/mol. The smallest absolute Gasteiger partial charge is 0.409 e. The number of hydrogen-bond donors (Lipinski definition) is 1. The van der Waals surface area contributed by atoms with Gasteiger partial charge in [0.1, 0.15) is 17.0 Å². The molecule has 4 rings (SSSR count). The van der Waals surface area contributed by atoms with Gasteiger partial charge < -0.3 is 24.4 Å². The molecule has 0 atom stereocenters. The maximum Gasteiger partial charge on any atom is 0.409 e. The van der Waals surface area contributed by atoms with Gasteiger partial charge in [0.15, 0.2) is 0 Å². The van der Waals surface area contributed by atoms with E-state index in [1.54, 1.807) is 47.9 Å². The van der Waals surface area contributed by atoms with E-state index in [2.05, 4.69) is 10.5 Å². The van der Waals surface area contributed by atoms with Crippen molar-refractivity contribution in [2.24, 2.45) is 0 Å². The number of aromatic nitrogens is 1. The Labute approximate surface area is 197 Å². The number of nitrogens with one attached hydrogen (secondary N) is 1. The Morgan fingerprint density at radius 1 is 0.971 bits per heavy atom. The maximum atomic E-state index is 13.3. The number of carbonyl (C=O) groups excluding carboxylic acids is 3. The summed E-state index contributed by atoms with van der Waals surface area (Å²) in [7, 11) is 0. The fourth-order valence-electron chi connectivity index (χ4n) is 3.87. The molecule has 3 amide bonds. The summed E-state index contributed by atoms with van der Waals surface area (Å²) in [4.78, 5) is 41.7. The van der Waals surface area contributed by atoms with Gasteiger partial charge in [0.2, 0.25) is 0 Å². The first-order chi connectivity index (χ1) is 16.5. The van der Waals surface area contributed by atoms with Crippen LogP contribution in [0.3, 0.4) is 0 Å².